The molecule has 0 spiro atoms. The highest BCUT2D eigenvalue weighted by Crippen LogP contribution is 2.37. The highest BCUT2D eigenvalue weighted by Gasteiger charge is 2.20. The summed E-state index contributed by atoms with van der Waals surface area (Å²) in [4.78, 5) is 0. The van der Waals surface area contributed by atoms with Crippen LogP contribution >= 0.6 is 0 Å². The molecular weight excluding hydrogens is 132 g/mol. The van der Waals surface area contributed by atoms with E-state index in [1.807, 2.05) is 0 Å². The summed E-state index contributed by atoms with van der Waals surface area (Å²) in [5.41, 5.74) is 3.43. The fourth-order valence-corrected chi connectivity index (χ4v) is 2.30. The summed E-state index contributed by atoms with van der Waals surface area (Å²) >= 11 is 0. The van der Waals surface area contributed by atoms with Crippen LogP contribution in [0.2, 0.25) is 0 Å². The molecule has 0 unspecified atom stereocenters. The lowest BCUT2D eigenvalue weighted by molar-refractivity contribution is 0.614. The van der Waals surface area contributed by atoms with Crippen LogP contribution in [0.15, 0.2) is 23.3 Å². The molecule has 0 radical (unpaired) electrons. The fraction of sp³-hybridized carbons (Fsp3) is 0.636. The fourth-order valence-electron chi connectivity index (χ4n) is 2.30. The van der Waals surface area contributed by atoms with Gasteiger partial charge in [0.25, 0.3) is 0 Å². The lowest BCUT2D eigenvalue weighted by Crippen LogP contribution is -2.02. The monoisotopic (exact) mass is 148 g/mol. The van der Waals surface area contributed by atoms with Gasteiger partial charge in [0.2, 0.25) is 0 Å². The smallest absolute Gasteiger partial charge is 0.00169 e. The summed E-state index contributed by atoms with van der Waals surface area (Å²) in [5.74, 6) is 0.810. The van der Waals surface area contributed by atoms with Gasteiger partial charge in [0, 0.05) is 0 Å². The zero-order valence-corrected chi connectivity index (χ0v) is 7.27. The second-order valence-corrected chi connectivity index (χ2v) is 3.63. The van der Waals surface area contributed by atoms with E-state index < -0.39 is 0 Å². The lowest BCUT2D eigenvalue weighted by atomic mass is 9.88. The van der Waals surface area contributed by atoms with Gasteiger partial charge in [-0.25, -0.2) is 0 Å². The van der Waals surface area contributed by atoms with Crippen LogP contribution in [-0.2, 0) is 0 Å². The van der Waals surface area contributed by atoms with E-state index in [2.05, 4.69) is 19.1 Å². The van der Waals surface area contributed by atoms with Crippen molar-refractivity contribution in [2.24, 2.45) is 5.92 Å². The SMILES string of the molecule is CC[C@H]1C=CC2=C1CCCC2. The van der Waals surface area contributed by atoms with E-state index in [-0.39, 0.29) is 0 Å². The van der Waals surface area contributed by atoms with Crippen LogP contribution in [0.25, 0.3) is 0 Å². The minimum absolute atomic E-state index is 0.810. The molecule has 0 aromatic rings. The molecule has 0 aromatic heterocycles. The van der Waals surface area contributed by atoms with Crippen LogP contribution in [-0.4, -0.2) is 0 Å². The topological polar surface area (TPSA) is 0 Å². The van der Waals surface area contributed by atoms with Gasteiger partial charge in [-0.1, -0.05) is 24.6 Å². The first-order chi connectivity index (χ1) is 5.42. The summed E-state index contributed by atoms with van der Waals surface area (Å²) in [5, 5.41) is 0. The summed E-state index contributed by atoms with van der Waals surface area (Å²) < 4.78 is 0. The second kappa shape index (κ2) is 2.84. The van der Waals surface area contributed by atoms with Gasteiger partial charge in [0.15, 0.2) is 0 Å². The molecule has 2 aliphatic carbocycles. The van der Waals surface area contributed by atoms with Crippen molar-refractivity contribution in [3.8, 4) is 0 Å². The molecule has 11 heavy (non-hydrogen) atoms. The minimum Gasteiger partial charge on any atom is -0.0771 e. The largest absolute Gasteiger partial charge is 0.0771 e. The molecule has 0 aliphatic heterocycles. The van der Waals surface area contributed by atoms with Crippen LogP contribution in [0.1, 0.15) is 39.0 Å². The molecule has 1 atom stereocenters. The number of allylic oxidation sites excluding steroid dienone is 4. The Morgan fingerprint density at radius 2 is 2.18 bits per heavy atom. The summed E-state index contributed by atoms with van der Waals surface area (Å²) in [6.07, 6.45) is 11.6. The summed E-state index contributed by atoms with van der Waals surface area (Å²) in [6, 6.07) is 0. The molecule has 0 saturated heterocycles. The van der Waals surface area contributed by atoms with Crippen LogP contribution in [0.5, 0.6) is 0 Å². The van der Waals surface area contributed by atoms with Gasteiger partial charge in [-0.05, 0) is 43.6 Å². The minimum atomic E-state index is 0.810. The highest BCUT2D eigenvalue weighted by atomic mass is 14.3. The number of hydrogen-bond donors (Lipinski definition) is 0. The van der Waals surface area contributed by atoms with Gasteiger partial charge in [-0.3, -0.25) is 0 Å². The van der Waals surface area contributed by atoms with Crippen LogP contribution in [0.4, 0.5) is 0 Å². The Labute approximate surface area is 69.0 Å². The van der Waals surface area contributed by atoms with E-state index in [4.69, 9.17) is 0 Å². The van der Waals surface area contributed by atoms with E-state index in [9.17, 15) is 0 Å². The Bertz CT molecular complexity index is 208. The van der Waals surface area contributed by atoms with Crippen molar-refractivity contribution in [1.29, 1.82) is 0 Å². The zero-order chi connectivity index (χ0) is 7.68. The van der Waals surface area contributed by atoms with Gasteiger partial charge in [-0.2, -0.15) is 0 Å². The lowest BCUT2D eigenvalue weighted by Gasteiger charge is -2.18. The Morgan fingerprint density at radius 1 is 1.36 bits per heavy atom. The molecule has 2 aliphatic rings. The van der Waals surface area contributed by atoms with Crippen LogP contribution < -0.4 is 0 Å². The van der Waals surface area contributed by atoms with E-state index in [1.54, 1.807) is 11.1 Å². The molecule has 0 fully saturated rings. The number of rotatable bonds is 1. The maximum absolute atomic E-state index is 2.40. The number of hydrogen-bond acceptors (Lipinski definition) is 0. The van der Waals surface area contributed by atoms with Crippen molar-refractivity contribution in [1.82, 2.24) is 0 Å². The molecule has 0 heteroatoms. The highest BCUT2D eigenvalue weighted by molar-refractivity contribution is 5.37. The molecular formula is C11H16. The van der Waals surface area contributed by atoms with Crippen molar-refractivity contribution in [3.05, 3.63) is 23.3 Å². The maximum Gasteiger partial charge on any atom is -0.00169 e. The predicted octanol–water partition coefficient (Wildman–Crippen LogP) is 3.45. The van der Waals surface area contributed by atoms with Crippen molar-refractivity contribution < 1.29 is 0 Å². The van der Waals surface area contributed by atoms with Gasteiger partial charge in [0.1, 0.15) is 0 Å². The third-order valence-corrected chi connectivity index (χ3v) is 2.97. The molecule has 60 valence electrons. The van der Waals surface area contributed by atoms with Gasteiger partial charge < -0.3 is 0 Å². The van der Waals surface area contributed by atoms with E-state index in [0.29, 0.717) is 0 Å². The molecule has 2 rings (SSSR count). The predicted molar refractivity (Wildman–Crippen MR) is 48.4 cm³/mol. The molecule has 0 heterocycles. The molecule has 0 nitrogen and oxygen atoms in total. The van der Waals surface area contributed by atoms with Gasteiger partial charge in [-0.15, -0.1) is 0 Å². The summed E-state index contributed by atoms with van der Waals surface area (Å²) in [6.45, 7) is 2.29. The first-order valence-electron chi connectivity index (χ1n) is 4.82. The van der Waals surface area contributed by atoms with Crippen molar-refractivity contribution in [2.75, 3.05) is 0 Å². The Morgan fingerprint density at radius 3 is 3.00 bits per heavy atom. The average molecular weight is 148 g/mol. The average Bonchev–Trinajstić information content (AvgIpc) is 2.47. The van der Waals surface area contributed by atoms with Crippen molar-refractivity contribution in [3.63, 3.8) is 0 Å². The van der Waals surface area contributed by atoms with Gasteiger partial charge >= 0.3 is 0 Å². The van der Waals surface area contributed by atoms with Crippen molar-refractivity contribution in [2.45, 2.75) is 39.0 Å². The van der Waals surface area contributed by atoms with E-state index in [1.165, 1.54) is 32.1 Å². The molecule has 0 amide bonds. The Hall–Kier alpha value is -0.520. The normalized spacial score (nSPS) is 29.4. The third-order valence-electron chi connectivity index (χ3n) is 2.97. The quantitative estimate of drug-likeness (QED) is 0.534. The van der Waals surface area contributed by atoms with Crippen LogP contribution in [0, 0.1) is 5.92 Å². The summed E-state index contributed by atoms with van der Waals surface area (Å²) in [7, 11) is 0. The van der Waals surface area contributed by atoms with Gasteiger partial charge in [0.05, 0.1) is 0 Å². The molecule has 0 aromatic carbocycles. The van der Waals surface area contributed by atoms with Crippen LogP contribution in [0.3, 0.4) is 0 Å². The molecule has 0 saturated carbocycles. The zero-order valence-electron chi connectivity index (χ0n) is 7.27. The first kappa shape index (κ1) is 7.15. The van der Waals surface area contributed by atoms with E-state index >= 15 is 0 Å². The molecule has 0 bridgehead atoms. The van der Waals surface area contributed by atoms with Crippen molar-refractivity contribution >= 4 is 0 Å². The maximum atomic E-state index is 2.40. The van der Waals surface area contributed by atoms with E-state index in [0.717, 1.165) is 5.92 Å². The molecule has 0 N–H and O–H groups in total. The first-order valence-corrected chi connectivity index (χ1v) is 4.82. The third kappa shape index (κ3) is 1.15. The Balaban J connectivity index is 2.21. The second-order valence-electron chi connectivity index (χ2n) is 3.63. The Kier molecular flexibility index (Phi) is 1.85. The standard InChI is InChI=1S/C11H16/c1-2-9-7-8-10-5-3-4-6-11(9)10/h7-9H,2-6H2,1H3/t9-/m0/s1.